The van der Waals surface area contributed by atoms with Gasteiger partial charge in [0, 0.05) is 12.8 Å². The molecule has 6 heteroatoms. The first-order valence-electron chi connectivity index (χ1n) is 29.6. The summed E-state index contributed by atoms with van der Waals surface area (Å²) < 4.78 is 5.47. The fraction of sp³-hybridized carbons (Fsp3) is 0.900. The van der Waals surface area contributed by atoms with Crippen molar-refractivity contribution in [2.24, 2.45) is 0 Å². The van der Waals surface area contributed by atoms with Crippen LogP contribution in [0.2, 0.25) is 0 Å². The van der Waals surface area contributed by atoms with Crippen LogP contribution in [0, 0.1) is 0 Å². The number of allylic oxidation sites excluding steroid dienone is 3. The first kappa shape index (κ1) is 64.3. The van der Waals surface area contributed by atoms with E-state index in [0.29, 0.717) is 19.4 Å². The lowest BCUT2D eigenvalue weighted by molar-refractivity contribution is -0.143. The Balaban J connectivity index is 3.37. The molecule has 0 spiro atoms. The lowest BCUT2D eigenvalue weighted by atomic mass is 10.0. The number of rotatable bonds is 55. The SMILES string of the molecule is CCCCC/C=C\CCCCCCCC(=O)OCCCCCCCCCCCCCCCCCCCCCCCCCCCC(=O)NC(CO)C(O)/C=C/CCCCCCCCCCCC. The number of esters is 1. The van der Waals surface area contributed by atoms with Gasteiger partial charge in [0.2, 0.25) is 5.91 Å². The molecule has 0 heterocycles. The Morgan fingerprint density at radius 1 is 0.409 bits per heavy atom. The highest BCUT2D eigenvalue weighted by Gasteiger charge is 2.18. The molecule has 0 aliphatic heterocycles. The predicted molar refractivity (Wildman–Crippen MR) is 287 cm³/mol. The van der Waals surface area contributed by atoms with Crippen LogP contribution in [0.5, 0.6) is 0 Å². The van der Waals surface area contributed by atoms with E-state index in [-0.39, 0.29) is 18.5 Å². The number of hydrogen-bond donors (Lipinski definition) is 3. The van der Waals surface area contributed by atoms with Gasteiger partial charge in [-0.3, -0.25) is 9.59 Å². The van der Waals surface area contributed by atoms with E-state index >= 15 is 0 Å². The molecule has 6 nitrogen and oxygen atoms in total. The van der Waals surface area contributed by atoms with Gasteiger partial charge in [-0.1, -0.05) is 276 Å². The van der Waals surface area contributed by atoms with Gasteiger partial charge in [-0.05, 0) is 57.8 Å². The van der Waals surface area contributed by atoms with E-state index in [4.69, 9.17) is 4.74 Å². The van der Waals surface area contributed by atoms with Gasteiger partial charge in [-0.2, -0.15) is 0 Å². The van der Waals surface area contributed by atoms with Crippen LogP contribution in [0.4, 0.5) is 0 Å². The van der Waals surface area contributed by atoms with E-state index in [2.05, 4.69) is 31.3 Å². The van der Waals surface area contributed by atoms with E-state index in [9.17, 15) is 19.8 Å². The first-order chi connectivity index (χ1) is 32.5. The molecule has 0 aliphatic carbocycles. The summed E-state index contributed by atoms with van der Waals surface area (Å²) in [5.74, 6) is -0.0604. The third-order valence-electron chi connectivity index (χ3n) is 13.7. The minimum absolute atomic E-state index is 0.00579. The molecule has 66 heavy (non-hydrogen) atoms. The smallest absolute Gasteiger partial charge is 0.305 e. The standard InChI is InChI=1S/C60H115NO5/c1-3-5-7-9-11-13-15-32-36-40-44-48-52-58(63)57(56-62)61-59(64)53-49-45-41-37-33-30-28-26-24-22-20-18-17-19-21-23-25-27-29-31-35-39-43-47-51-55-66-60(65)54-50-46-42-38-34-16-14-12-10-8-6-4-2/h12,14,48,52,57-58,62-63H,3-11,13,15-47,49-51,53-56H2,1-2H3,(H,61,64)/b14-12-,52-48+. The van der Waals surface area contributed by atoms with Crippen LogP contribution in [0.3, 0.4) is 0 Å². The summed E-state index contributed by atoms with van der Waals surface area (Å²) in [6.07, 6.45) is 67.9. The zero-order valence-electron chi connectivity index (χ0n) is 44.4. The van der Waals surface area contributed by atoms with Crippen molar-refractivity contribution in [1.82, 2.24) is 5.32 Å². The Morgan fingerprint density at radius 2 is 0.712 bits per heavy atom. The molecule has 2 unspecified atom stereocenters. The summed E-state index contributed by atoms with van der Waals surface area (Å²) in [4.78, 5) is 24.4. The highest BCUT2D eigenvalue weighted by molar-refractivity contribution is 5.76. The molecular weight excluding hydrogens is 815 g/mol. The lowest BCUT2D eigenvalue weighted by Gasteiger charge is -2.20. The number of unbranched alkanes of at least 4 members (excludes halogenated alkanes) is 42. The fourth-order valence-corrected chi connectivity index (χ4v) is 9.16. The van der Waals surface area contributed by atoms with Crippen LogP contribution < -0.4 is 5.32 Å². The number of amides is 1. The monoisotopic (exact) mass is 930 g/mol. The molecule has 1 amide bonds. The van der Waals surface area contributed by atoms with Crippen molar-refractivity contribution < 1.29 is 24.5 Å². The molecule has 0 aromatic rings. The molecule has 0 rings (SSSR count). The molecule has 0 aromatic carbocycles. The Hall–Kier alpha value is -1.66. The van der Waals surface area contributed by atoms with Crippen molar-refractivity contribution in [1.29, 1.82) is 0 Å². The Bertz CT molecular complexity index is 1030. The minimum atomic E-state index is -0.841. The third kappa shape index (κ3) is 51.7. The van der Waals surface area contributed by atoms with Crippen molar-refractivity contribution in [2.45, 2.75) is 334 Å². The number of ether oxygens (including phenoxy) is 1. The van der Waals surface area contributed by atoms with E-state index in [1.807, 2.05) is 6.08 Å². The van der Waals surface area contributed by atoms with Gasteiger partial charge in [0.25, 0.3) is 0 Å². The van der Waals surface area contributed by atoms with Gasteiger partial charge in [0.1, 0.15) is 0 Å². The average molecular weight is 931 g/mol. The molecule has 0 saturated carbocycles. The molecule has 0 fully saturated rings. The zero-order chi connectivity index (χ0) is 47.9. The molecular formula is C60H115NO5. The minimum Gasteiger partial charge on any atom is -0.466 e. The van der Waals surface area contributed by atoms with E-state index in [1.54, 1.807) is 6.08 Å². The number of carbonyl (C=O) groups excluding carboxylic acids is 2. The Labute approximate surface area is 411 Å². The van der Waals surface area contributed by atoms with Crippen molar-refractivity contribution in [3.05, 3.63) is 24.3 Å². The molecule has 0 saturated heterocycles. The second-order valence-electron chi connectivity index (χ2n) is 20.3. The van der Waals surface area contributed by atoms with Crippen LogP contribution in [0.25, 0.3) is 0 Å². The van der Waals surface area contributed by atoms with Gasteiger partial charge in [-0.15, -0.1) is 0 Å². The van der Waals surface area contributed by atoms with Crippen molar-refractivity contribution in [3.8, 4) is 0 Å². The van der Waals surface area contributed by atoms with Gasteiger partial charge in [0.15, 0.2) is 0 Å². The maximum Gasteiger partial charge on any atom is 0.305 e. The van der Waals surface area contributed by atoms with E-state index in [1.165, 1.54) is 250 Å². The summed E-state index contributed by atoms with van der Waals surface area (Å²) >= 11 is 0. The van der Waals surface area contributed by atoms with Crippen molar-refractivity contribution in [3.63, 3.8) is 0 Å². The predicted octanol–water partition coefficient (Wildman–Crippen LogP) is 18.2. The maximum atomic E-state index is 12.4. The van der Waals surface area contributed by atoms with E-state index < -0.39 is 12.1 Å². The molecule has 0 bridgehead atoms. The Morgan fingerprint density at radius 3 is 1.11 bits per heavy atom. The van der Waals surface area contributed by atoms with Crippen LogP contribution >= 0.6 is 0 Å². The summed E-state index contributed by atoms with van der Waals surface area (Å²) in [6.45, 7) is 4.88. The zero-order valence-corrected chi connectivity index (χ0v) is 44.4. The van der Waals surface area contributed by atoms with Gasteiger partial charge in [0.05, 0.1) is 25.4 Å². The summed E-state index contributed by atoms with van der Waals surface area (Å²) in [5, 5.41) is 23.0. The molecule has 0 aliphatic rings. The van der Waals surface area contributed by atoms with E-state index in [0.717, 1.165) is 44.9 Å². The lowest BCUT2D eigenvalue weighted by Crippen LogP contribution is -2.45. The van der Waals surface area contributed by atoms with Crippen LogP contribution in [0.15, 0.2) is 24.3 Å². The molecule has 2 atom stereocenters. The quantitative estimate of drug-likeness (QED) is 0.0321. The summed E-state index contributed by atoms with van der Waals surface area (Å²) in [7, 11) is 0. The van der Waals surface area contributed by atoms with Gasteiger partial charge in [-0.25, -0.2) is 0 Å². The normalized spacial score (nSPS) is 12.7. The number of carbonyl (C=O) groups is 2. The topological polar surface area (TPSA) is 95.9 Å². The number of aliphatic hydroxyl groups excluding tert-OH is 2. The largest absolute Gasteiger partial charge is 0.466 e. The van der Waals surface area contributed by atoms with Crippen molar-refractivity contribution >= 4 is 11.9 Å². The van der Waals surface area contributed by atoms with Crippen LogP contribution in [0.1, 0.15) is 322 Å². The Kier molecular flexibility index (Phi) is 54.5. The van der Waals surface area contributed by atoms with Gasteiger partial charge < -0.3 is 20.3 Å². The average Bonchev–Trinajstić information content (AvgIpc) is 3.32. The highest BCUT2D eigenvalue weighted by atomic mass is 16.5. The highest BCUT2D eigenvalue weighted by Crippen LogP contribution is 2.17. The number of hydrogen-bond acceptors (Lipinski definition) is 5. The van der Waals surface area contributed by atoms with Gasteiger partial charge >= 0.3 is 5.97 Å². The molecule has 0 aromatic heterocycles. The maximum absolute atomic E-state index is 12.4. The number of aliphatic hydroxyl groups is 2. The van der Waals surface area contributed by atoms with Crippen LogP contribution in [-0.4, -0.2) is 47.4 Å². The van der Waals surface area contributed by atoms with Crippen LogP contribution in [-0.2, 0) is 14.3 Å². The molecule has 390 valence electrons. The number of nitrogens with one attached hydrogen (secondary N) is 1. The molecule has 0 radical (unpaired) electrons. The van der Waals surface area contributed by atoms with Crippen molar-refractivity contribution in [2.75, 3.05) is 13.2 Å². The summed E-state index contributed by atoms with van der Waals surface area (Å²) in [6, 6.07) is -0.625. The third-order valence-corrected chi connectivity index (χ3v) is 13.7. The first-order valence-corrected chi connectivity index (χ1v) is 29.6. The fourth-order valence-electron chi connectivity index (χ4n) is 9.16. The molecule has 3 N–H and O–H groups in total. The second kappa shape index (κ2) is 55.9. The summed E-state index contributed by atoms with van der Waals surface area (Å²) in [5.41, 5.74) is 0. The second-order valence-corrected chi connectivity index (χ2v) is 20.3.